The molecule has 1 saturated heterocycles. The molecule has 1 aliphatic heterocycles. The minimum Gasteiger partial charge on any atom is -0.395 e. The Morgan fingerprint density at radius 3 is 2.60 bits per heavy atom. The number of hydrogen-bond acceptors (Lipinski definition) is 2. The van der Waals surface area contributed by atoms with Crippen LogP contribution in [0.4, 0.5) is 0 Å². The molecule has 1 N–H and O–H groups in total. The molecule has 3 heteroatoms. The number of nitrogens with zero attached hydrogens (tertiary/aromatic N) is 1. The van der Waals surface area contributed by atoms with E-state index >= 15 is 0 Å². The molecule has 2 fully saturated rings. The molecule has 1 heterocycles. The lowest BCUT2D eigenvalue weighted by atomic mass is 9.88. The first-order chi connectivity index (χ1) is 7.29. The summed E-state index contributed by atoms with van der Waals surface area (Å²) in [6, 6.07) is 0.446. The summed E-state index contributed by atoms with van der Waals surface area (Å²) in [5.74, 6) is 0. The van der Waals surface area contributed by atoms with Crippen LogP contribution in [0.15, 0.2) is 0 Å². The van der Waals surface area contributed by atoms with Gasteiger partial charge in [-0.3, -0.25) is 4.90 Å². The van der Waals surface area contributed by atoms with Crippen molar-refractivity contribution in [3.8, 4) is 0 Å². The van der Waals surface area contributed by atoms with Crippen molar-refractivity contribution in [2.24, 2.45) is 5.41 Å². The largest absolute Gasteiger partial charge is 0.395 e. The van der Waals surface area contributed by atoms with Gasteiger partial charge < -0.3 is 5.11 Å². The van der Waals surface area contributed by atoms with Crippen molar-refractivity contribution >= 4 is 15.9 Å². The zero-order valence-electron chi connectivity index (χ0n) is 9.42. The fraction of sp³-hybridized carbons (Fsp3) is 1.00. The minimum absolute atomic E-state index is 0.346. The fourth-order valence-electron chi connectivity index (χ4n) is 3.20. The van der Waals surface area contributed by atoms with Crippen molar-refractivity contribution in [3.05, 3.63) is 0 Å². The van der Waals surface area contributed by atoms with Gasteiger partial charge in [0.2, 0.25) is 0 Å². The lowest BCUT2D eigenvalue weighted by Gasteiger charge is -2.34. The number of aliphatic hydroxyl groups excluding tert-OH is 1. The number of alkyl halides is 1. The maximum Gasteiger partial charge on any atom is 0.0586 e. The average molecular weight is 276 g/mol. The quantitative estimate of drug-likeness (QED) is 0.797. The molecule has 2 aliphatic rings. The topological polar surface area (TPSA) is 23.5 Å². The standard InChI is InChI=1S/C12H22BrNO/c13-9-12(5-1-2-6-12)10-14-7-3-4-11(14)8-15/h11,15H,1-10H2. The second-order valence-corrected chi connectivity index (χ2v) is 5.85. The predicted octanol–water partition coefficient (Wildman–Crippen LogP) is 2.40. The molecule has 1 aliphatic carbocycles. The molecule has 0 aromatic heterocycles. The van der Waals surface area contributed by atoms with E-state index in [-0.39, 0.29) is 0 Å². The molecule has 0 bridgehead atoms. The second kappa shape index (κ2) is 5.15. The maximum atomic E-state index is 9.31. The summed E-state index contributed by atoms with van der Waals surface area (Å²) in [5, 5.41) is 10.4. The molecule has 2 rings (SSSR count). The van der Waals surface area contributed by atoms with Crippen molar-refractivity contribution in [1.29, 1.82) is 0 Å². The Hall–Kier alpha value is 0.400. The molecule has 0 spiro atoms. The molecule has 15 heavy (non-hydrogen) atoms. The highest BCUT2D eigenvalue weighted by Gasteiger charge is 2.37. The van der Waals surface area contributed by atoms with Crippen LogP contribution in [0, 0.1) is 5.41 Å². The number of halogens is 1. The third-order valence-corrected chi connectivity index (χ3v) is 5.39. The van der Waals surface area contributed by atoms with Gasteiger partial charge in [0, 0.05) is 17.9 Å². The zero-order chi connectivity index (χ0) is 10.7. The van der Waals surface area contributed by atoms with E-state index in [4.69, 9.17) is 0 Å². The van der Waals surface area contributed by atoms with Gasteiger partial charge in [-0.05, 0) is 37.6 Å². The van der Waals surface area contributed by atoms with Gasteiger partial charge in [0.25, 0.3) is 0 Å². The van der Waals surface area contributed by atoms with E-state index in [2.05, 4.69) is 20.8 Å². The van der Waals surface area contributed by atoms with E-state index in [1.807, 2.05) is 0 Å². The van der Waals surface area contributed by atoms with Gasteiger partial charge in [0.1, 0.15) is 0 Å². The maximum absolute atomic E-state index is 9.31. The Bertz CT molecular complexity index is 204. The van der Waals surface area contributed by atoms with Gasteiger partial charge in [-0.25, -0.2) is 0 Å². The summed E-state index contributed by atoms with van der Waals surface area (Å²) in [6.45, 7) is 2.74. The number of aliphatic hydroxyl groups is 1. The summed E-state index contributed by atoms with van der Waals surface area (Å²) < 4.78 is 0. The zero-order valence-corrected chi connectivity index (χ0v) is 11.0. The van der Waals surface area contributed by atoms with Gasteiger partial charge >= 0.3 is 0 Å². The van der Waals surface area contributed by atoms with Crippen LogP contribution in [0.1, 0.15) is 38.5 Å². The SMILES string of the molecule is OCC1CCCN1CC1(CBr)CCCC1. The molecule has 88 valence electrons. The van der Waals surface area contributed by atoms with Crippen LogP contribution in [0.3, 0.4) is 0 Å². The first kappa shape index (κ1) is 11.9. The normalized spacial score (nSPS) is 31.2. The van der Waals surface area contributed by atoms with Gasteiger partial charge in [-0.1, -0.05) is 28.8 Å². The van der Waals surface area contributed by atoms with E-state index in [9.17, 15) is 5.11 Å². The average Bonchev–Trinajstić information content (AvgIpc) is 2.88. The van der Waals surface area contributed by atoms with Crippen molar-refractivity contribution in [3.63, 3.8) is 0 Å². The predicted molar refractivity (Wildman–Crippen MR) is 66.4 cm³/mol. The Kier molecular flexibility index (Phi) is 4.08. The van der Waals surface area contributed by atoms with Crippen LogP contribution in [-0.2, 0) is 0 Å². The highest BCUT2D eigenvalue weighted by molar-refractivity contribution is 9.09. The Morgan fingerprint density at radius 1 is 1.27 bits per heavy atom. The van der Waals surface area contributed by atoms with Crippen LogP contribution in [0.5, 0.6) is 0 Å². The van der Waals surface area contributed by atoms with E-state index in [1.54, 1.807) is 0 Å². The van der Waals surface area contributed by atoms with Crippen LogP contribution >= 0.6 is 15.9 Å². The van der Waals surface area contributed by atoms with Crippen molar-refractivity contribution < 1.29 is 5.11 Å². The monoisotopic (exact) mass is 275 g/mol. The molecule has 1 atom stereocenters. The van der Waals surface area contributed by atoms with Crippen LogP contribution in [0.2, 0.25) is 0 Å². The summed E-state index contributed by atoms with van der Waals surface area (Å²) in [4.78, 5) is 2.52. The first-order valence-corrected chi connectivity index (χ1v) is 7.33. The lowest BCUT2D eigenvalue weighted by molar-refractivity contribution is 0.114. The van der Waals surface area contributed by atoms with Crippen molar-refractivity contribution in [2.45, 2.75) is 44.6 Å². The molecule has 2 nitrogen and oxygen atoms in total. The molecular weight excluding hydrogens is 254 g/mol. The third kappa shape index (κ3) is 2.56. The molecule has 1 unspecified atom stereocenters. The molecular formula is C12H22BrNO. The molecule has 0 aromatic carbocycles. The number of rotatable bonds is 4. The third-order valence-electron chi connectivity index (χ3n) is 4.20. The van der Waals surface area contributed by atoms with E-state index in [1.165, 1.54) is 51.6 Å². The number of likely N-dealkylation sites (tertiary alicyclic amines) is 1. The first-order valence-electron chi connectivity index (χ1n) is 6.20. The Morgan fingerprint density at radius 2 is 2.00 bits per heavy atom. The van der Waals surface area contributed by atoms with E-state index in [0.29, 0.717) is 18.1 Å². The van der Waals surface area contributed by atoms with Crippen LogP contribution < -0.4 is 0 Å². The number of hydrogen-bond donors (Lipinski definition) is 1. The minimum atomic E-state index is 0.346. The summed E-state index contributed by atoms with van der Waals surface area (Å²) in [5.41, 5.74) is 0.512. The summed E-state index contributed by atoms with van der Waals surface area (Å²) in [6.07, 6.45) is 7.98. The van der Waals surface area contributed by atoms with Crippen molar-refractivity contribution in [1.82, 2.24) is 4.90 Å². The summed E-state index contributed by atoms with van der Waals surface area (Å²) in [7, 11) is 0. The van der Waals surface area contributed by atoms with E-state index in [0.717, 1.165) is 5.33 Å². The molecule has 0 aromatic rings. The van der Waals surface area contributed by atoms with Crippen LogP contribution in [0.25, 0.3) is 0 Å². The van der Waals surface area contributed by atoms with Crippen LogP contribution in [-0.4, -0.2) is 41.1 Å². The highest BCUT2D eigenvalue weighted by atomic mass is 79.9. The van der Waals surface area contributed by atoms with E-state index < -0.39 is 0 Å². The smallest absolute Gasteiger partial charge is 0.0586 e. The fourth-order valence-corrected chi connectivity index (χ4v) is 3.94. The highest BCUT2D eigenvalue weighted by Crippen LogP contribution is 2.41. The Labute approximate surface area is 101 Å². The van der Waals surface area contributed by atoms with Gasteiger partial charge in [-0.15, -0.1) is 0 Å². The second-order valence-electron chi connectivity index (χ2n) is 5.29. The molecule has 0 amide bonds. The van der Waals surface area contributed by atoms with Crippen molar-refractivity contribution in [2.75, 3.05) is 25.0 Å². The van der Waals surface area contributed by atoms with Gasteiger partial charge in [0.05, 0.1) is 6.61 Å². The van der Waals surface area contributed by atoms with Gasteiger partial charge in [0.15, 0.2) is 0 Å². The van der Waals surface area contributed by atoms with Gasteiger partial charge in [-0.2, -0.15) is 0 Å². The molecule has 1 saturated carbocycles. The molecule has 0 radical (unpaired) electrons. The lowest BCUT2D eigenvalue weighted by Crippen LogP contribution is -2.41. The Balaban J connectivity index is 1.94. The summed E-state index contributed by atoms with van der Waals surface area (Å²) >= 11 is 3.69.